The minimum atomic E-state index is -0.0893. The average molecular weight is 275 g/mol. The third-order valence-electron chi connectivity index (χ3n) is 3.10. The molecule has 106 valence electrons. The number of hydrogen-bond acceptors (Lipinski definition) is 6. The van der Waals surface area contributed by atoms with Crippen LogP contribution in [0.4, 0.5) is 11.4 Å². The van der Waals surface area contributed by atoms with Gasteiger partial charge in [0.1, 0.15) is 25.0 Å². The number of ether oxygens (including phenoxy) is 2. The first-order valence-electron chi connectivity index (χ1n) is 6.51. The van der Waals surface area contributed by atoms with Crippen molar-refractivity contribution in [2.45, 2.75) is 19.9 Å². The zero-order chi connectivity index (χ0) is 14.1. The minimum absolute atomic E-state index is 0.0893. The smallest absolute Gasteiger partial charge is 0.216 e. The van der Waals surface area contributed by atoms with E-state index in [1.54, 1.807) is 12.3 Å². The summed E-state index contributed by atoms with van der Waals surface area (Å²) in [6.07, 6.45) is 1.70. The van der Waals surface area contributed by atoms with Gasteiger partial charge in [0.25, 0.3) is 0 Å². The molecule has 3 rings (SSSR count). The molecule has 1 atom stereocenters. The van der Waals surface area contributed by atoms with E-state index in [2.05, 4.69) is 10.3 Å². The number of oxazole rings is 1. The van der Waals surface area contributed by atoms with Crippen molar-refractivity contribution >= 4 is 11.4 Å². The van der Waals surface area contributed by atoms with E-state index < -0.39 is 0 Å². The molecule has 2 heterocycles. The summed E-state index contributed by atoms with van der Waals surface area (Å²) in [4.78, 5) is 4.20. The zero-order valence-electron chi connectivity index (χ0n) is 11.5. The van der Waals surface area contributed by atoms with Gasteiger partial charge in [-0.25, -0.2) is 4.98 Å². The van der Waals surface area contributed by atoms with Crippen LogP contribution in [0.25, 0.3) is 0 Å². The van der Waals surface area contributed by atoms with Crippen LogP contribution in [0, 0.1) is 6.92 Å². The van der Waals surface area contributed by atoms with Crippen LogP contribution in [-0.2, 0) is 0 Å². The van der Waals surface area contributed by atoms with E-state index in [0.717, 1.165) is 11.4 Å². The summed E-state index contributed by atoms with van der Waals surface area (Å²) < 4.78 is 16.5. The summed E-state index contributed by atoms with van der Waals surface area (Å²) in [6.45, 7) is 4.92. The summed E-state index contributed by atoms with van der Waals surface area (Å²) in [7, 11) is 0. The number of nitrogens with two attached hydrogens (primary N) is 1. The molecule has 0 bridgehead atoms. The van der Waals surface area contributed by atoms with E-state index in [9.17, 15) is 0 Å². The molecular weight excluding hydrogens is 258 g/mol. The maximum atomic E-state index is 6.03. The van der Waals surface area contributed by atoms with Gasteiger partial charge in [-0.2, -0.15) is 0 Å². The average Bonchev–Trinajstić information content (AvgIpc) is 2.86. The number of aromatic nitrogens is 1. The van der Waals surface area contributed by atoms with Crippen molar-refractivity contribution in [3.05, 3.63) is 30.0 Å². The van der Waals surface area contributed by atoms with Gasteiger partial charge in [0.2, 0.25) is 5.89 Å². The van der Waals surface area contributed by atoms with E-state index in [1.165, 1.54) is 0 Å². The van der Waals surface area contributed by atoms with Crippen molar-refractivity contribution < 1.29 is 13.9 Å². The highest BCUT2D eigenvalue weighted by Crippen LogP contribution is 2.38. The minimum Gasteiger partial charge on any atom is -0.486 e. The second-order valence-electron chi connectivity index (χ2n) is 4.76. The van der Waals surface area contributed by atoms with Crippen LogP contribution in [0.2, 0.25) is 0 Å². The molecule has 0 fully saturated rings. The lowest BCUT2D eigenvalue weighted by Crippen LogP contribution is -2.16. The Balaban J connectivity index is 1.83. The molecule has 20 heavy (non-hydrogen) atoms. The first kappa shape index (κ1) is 12.7. The van der Waals surface area contributed by atoms with Gasteiger partial charge < -0.3 is 24.9 Å². The van der Waals surface area contributed by atoms with Crippen molar-refractivity contribution in [3.63, 3.8) is 0 Å². The standard InChI is InChI=1S/C14H17N3O3/c1-8-7-16-14(20-8)9(2)17-11-6-13-12(5-10(11)15)18-3-4-19-13/h5-7,9,17H,3-4,15H2,1-2H3. The molecule has 1 unspecified atom stereocenters. The summed E-state index contributed by atoms with van der Waals surface area (Å²) >= 11 is 0. The summed E-state index contributed by atoms with van der Waals surface area (Å²) in [5.74, 6) is 2.78. The number of nitrogens with one attached hydrogen (secondary N) is 1. The molecule has 0 spiro atoms. The second kappa shape index (κ2) is 4.96. The largest absolute Gasteiger partial charge is 0.486 e. The van der Waals surface area contributed by atoms with Crippen LogP contribution in [0.3, 0.4) is 0 Å². The van der Waals surface area contributed by atoms with E-state index in [1.807, 2.05) is 19.9 Å². The van der Waals surface area contributed by atoms with Crippen LogP contribution in [0.1, 0.15) is 24.6 Å². The molecule has 0 radical (unpaired) electrons. The maximum Gasteiger partial charge on any atom is 0.216 e. The second-order valence-corrected chi connectivity index (χ2v) is 4.76. The molecule has 1 aliphatic heterocycles. The lowest BCUT2D eigenvalue weighted by atomic mass is 10.2. The highest BCUT2D eigenvalue weighted by molar-refractivity contribution is 5.72. The van der Waals surface area contributed by atoms with Gasteiger partial charge in [-0.3, -0.25) is 0 Å². The van der Waals surface area contributed by atoms with E-state index in [4.69, 9.17) is 19.6 Å². The van der Waals surface area contributed by atoms with E-state index >= 15 is 0 Å². The summed E-state index contributed by atoms with van der Waals surface area (Å²) in [5.41, 5.74) is 7.40. The van der Waals surface area contributed by atoms with Crippen molar-refractivity contribution in [2.24, 2.45) is 0 Å². The highest BCUT2D eigenvalue weighted by atomic mass is 16.6. The molecular formula is C14H17N3O3. The van der Waals surface area contributed by atoms with Crippen LogP contribution < -0.4 is 20.5 Å². The fraction of sp³-hybridized carbons (Fsp3) is 0.357. The van der Waals surface area contributed by atoms with E-state index in [0.29, 0.717) is 36.3 Å². The van der Waals surface area contributed by atoms with Crippen LogP contribution >= 0.6 is 0 Å². The van der Waals surface area contributed by atoms with Gasteiger partial charge in [0.15, 0.2) is 11.5 Å². The normalized spacial score (nSPS) is 14.9. The number of anilines is 2. The number of fused-ring (bicyclic) bond motifs is 1. The van der Waals surface area contributed by atoms with Crippen molar-refractivity contribution in [1.29, 1.82) is 0 Å². The molecule has 6 nitrogen and oxygen atoms in total. The monoisotopic (exact) mass is 275 g/mol. The molecule has 1 aliphatic rings. The van der Waals surface area contributed by atoms with Crippen LogP contribution in [0.5, 0.6) is 11.5 Å². The summed E-state index contributed by atoms with van der Waals surface area (Å²) in [6, 6.07) is 3.52. The van der Waals surface area contributed by atoms with Gasteiger partial charge >= 0.3 is 0 Å². The number of nitrogen functional groups attached to an aromatic ring is 1. The Morgan fingerprint density at radius 2 is 1.95 bits per heavy atom. The van der Waals surface area contributed by atoms with Crippen molar-refractivity contribution in [2.75, 3.05) is 24.3 Å². The molecule has 3 N–H and O–H groups in total. The first-order chi connectivity index (χ1) is 9.63. The number of benzene rings is 1. The van der Waals surface area contributed by atoms with Gasteiger partial charge in [-0.15, -0.1) is 0 Å². The van der Waals surface area contributed by atoms with Crippen molar-refractivity contribution in [3.8, 4) is 11.5 Å². The maximum absolute atomic E-state index is 6.03. The third-order valence-corrected chi connectivity index (χ3v) is 3.10. The Hall–Kier alpha value is -2.37. The first-order valence-corrected chi connectivity index (χ1v) is 6.51. The Bertz CT molecular complexity index is 624. The molecule has 1 aromatic carbocycles. The van der Waals surface area contributed by atoms with Gasteiger partial charge in [0, 0.05) is 12.1 Å². The highest BCUT2D eigenvalue weighted by Gasteiger charge is 2.17. The molecule has 1 aromatic heterocycles. The molecule has 6 heteroatoms. The molecule has 0 saturated heterocycles. The van der Waals surface area contributed by atoms with Crippen molar-refractivity contribution in [1.82, 2.24) is 4.98 Å². The molecule has 2 aromatic rings. The van der Waals surface area contributed by atoms with Gasteiger partial charge in [-0.1, -0.05) is 0 Å². The summed E-state index contributed by atoms with van der Waals surface area (Å²) in [5, 5.41) is 3.27. The zero-order valence-corrected chi connectivity index (χ0v) is 11.5. The fourth-order valence-corrected chi connectivity index (χ4v) is 2.10. The van der Waals surface area contributed by atoms with Gasteiger partial charge in [0.05, 0.1) is 17.6 Å². The number of nitrogens with zero attached hydrogens (tertiary/aromatic N) is 1. The fourth-order valence-electron chi connectivity index (χ4n) is 2.10. The third kappa shape index (κ3) is 2.36. The Labute approximate surface area is 116 Å². The Morgan fingerprint density at radius 3 is 2.60 bits per heavy atom. The van der Waals surface area contributed by atoms with Gasteiger partial charge in [-0.05, 0) is 13.8 Å². The molecule has 0 aliphatic carbocycles. The quantitative estimate of drug-likeness (QED) is 0.837. The Morgan fingerprint density at radius 1 is 1.25 bits per heavy atom. The SMILES string of the molecule is Cc1cnc(C(C)Nc2cc3c(cc2N)OCCO3)o1. The number of rotatable bonds is 3. The topological polar surface area (TPSA) is 82.5 Å². The predicted octanol–water partition coefficient (Wildman–Crippen LogP) is 2.51. The predicted molar refractivity (Wildman–Crippen MR) is 75.1 cm³/mol. The lowest BCUT2D eigenvalue weighted by molar-refractivity contribution is 0.172. The Kier molecular flexibility index (Phi) is 3.14. The number of hydrogen-bond donors (Lipinski definition) is 2. The lowest BCUT2D eigenvalue weighted by Gasteiger charge is -2.21. The van der Waals surface area contributed by atoms with Crippen LogP contribution in [-0.4, -0.2) is 18.2 Å². The molecule has 0 saturated carbocycles. The van der Waals surface area contributed by atoms with Crippen LogP contribution in [0.15, 0.2) is 22.7 Å². The van der Waals surface area contributed by atoms with E-state index in [-0.39, 0.29) is 6.04 Å². The molecule has 0 amide bonds. The number of aryl methyl sites for hydroxylation is 1.